The minimum atomic E-state index is 0.793. The van der Waals surface area contributed by atoms with Crippen molar-refractivity contribution in [3.63, 3.8) is 0 Å². The topological polar surface area (TPSA) is 41.8 Å². The molecule has 0 amide bonds. The molecule has 0 saturated heterocycles. The number of imidazole rings is 1. The van der Waals surface area contributed by atoms with Crippen LogP contribution in [0.1, 0.15) is 12.7 Å². The molecule has 0 spiro atoms. The van der Waals surface area contributed by atoms with E-state index in [1.165, 1.54) is 0 Å². The lowest BCUT2D eigenvalue weighted by Gasteiger charge is -1.89. The first-order valence-electron chi connectivity index (χ1n) is 5.40. The van der Waals surface area contributed by atoms with Crippen LogP contribution in [0.2, 0.25) is 0 Å². The standard InChI is InChI=1S/C13H12N2O/c1-2-9-7-8-12(16-9)13-14-10-5-3-4-6-11(10)15-13/h3-8H,2H2,1H3,(H,14,15). The zero-order chi connectivity index (χ0) is 11.0. The number of aryl methyl sites for hydroxylation is 1. The summed E-state index contributed by atoms with van der Waals surface area (Å²) < 4.78 is 5.65. The highest BCUT2D eigenvalue weighted by atomic mass is 16.3. The first-order chi connectivity index (χ1) is 7.86. The number of para-hydroxylation sites is 2. The van der Waals surface area contributed by atoms with Crippen LogP contribution in [0.3, 0.4) is 0 Å². The van der Waals surface area contributed by atoms with Gasteiger partial charge in [-0.15, -0.1) is 0 Å². The second-order valence-corrected chi connectivity index (χ2v) is 3.72. The molecule has 3 aromatic rings. The van der Waals surface area contributed by atoms with Gasteiger partial charge in [0.15, 0.2) is 11.6 Å². The summed E-state index contributed by atoms with van der Waals surface area (Å²) in [5, 5.41) is 0. The molecule has 0 radical (unpaired) electrons. The van der Waals surface area contributed by atoms with E-state index in [-0.39, 0.29) is 0 Å². The molecule has 2 heterocycles. The molecule has 3 nitrogen and oxygen atoms in total. The molecule has 1 N–H and O–H groups in total. The fourth-order valence-corrected chi connectivity index (χ4v) is 1.76. The molecule has 16 heavy (non-hydrogen) atoms. The van der Waals surface area contributed by atoms with E-state index in [4.69, 9.17) is 4.42 Å². The monoisotopic (exact) mass is 212 g/mol. The third-order valence-corrected chi connectivity index (χ3v) is 2.63. The van der Waals surface area contributed by atoms with Crippen molar-refractivity contribution in [2.75, 3.05) is 0 Å². The lowest BCUT2D eigenvalue weighted by atomic mass is 10.3. The SMILES string of the molecule is CCc1ccc(-c2nc3ccccc3[nH]2)o1. The molecule has 0 atom stereocenters. The summed E-state index contributed by atoms with van der Waals surface area (Å²) in [6, 6.07) is 11.9. The molecule has 0 unspecified atom stereocenters. The highest BCUT2D eigenvalue weighted by Gasteiger charge is 2.08. The molecule has 3 rings (SSSR count). The predicted octanol–water partition coefficient (Wildman–Crippen LogP) is 3.39. The van der Waals surface area contributed by atoms with Gasteiger partial charge in [-0.1, -0.05) is 19.1 Å². The highest BCUT2D eigenvalue weighted by molar-refractivity contribution is 5.78. The summed E-state index contributed by atoms with van der Waals surface area (Å²) in [4.78, 5) is 7.73. The smallest absolute Gasteiger partial charge is 0.174 e. The maximum absolute atomic E-state index is 5.65. The summed E-state index contributed by atoms with van der Waals surface area (Å²) in [5.41, 5.74) is 2.00. The molecule has 0 aliphatic rings. The van der Waals surface area contributed by atoms with Crippen molar-refractivity contribution in [2.24, 2.45) is 0 Å². The van der Waals surface area contributed by atoms with Crippen molar-refractivity contribution in [1.82, 2.24) is 9.97 Å². The van der Waals surface area contributed by atoms with E-state index in [0.717, 1.165) is 34.8 Å². The quantitative estimate of drug-likeness (QED) is 0.707. The first-order valence-corrected chi connectivity index (χ1v) is 5.40. The Labute approximate surface area is 93.1 Å². The minimum absolute atomic E-state index is 0.793. The van der Waals surface area contributed by atoms with Crippen molar-refractivity contribution in [3.8, 4) is 11.6 Å². The van der Waals surface area contributed by atoms with Gasteiger partial charge in [0.1, 0.15) is 5.76 Å². The number of nitrogens with zero attached hydrogens (tertiary/aromatic N) is 1. The number of furan rings is 1. The van der Waals surface area contributed by atoms with Crippen LogP contribution >= 0.6 is 0 Å². The highest BCUT2D eigenvalue weighted by Crippen LogP contribution is 2.22. The van der Waals surface area contributed by atoms with Crippen LogP contribution in [0.5, 0.6) is 0 Å². The predicted molar refractivity (Wildman–Crippen MR) is 63.2 cm³/mol. The largest absolute Gasteiger partial charge is 0.458 e. The Morgan fingerprint density at radius 2 is 2.06 bits per heavy atom. The van der Waals surface area contributed by atoms with Crippen LogP contribution < -0.4 is 0 Å². The van der Waals surface area contributed by atoms with Gasteiger partial charge >= 0.3 is 0 Å². The van der Waals surface area contributed by atoms with Gasteiger partial charge in [0.25, 0.3) is 0 Å². The number of aromatic nitrogens is 2. The van der Waals surface area contributed by atoms with Crippen LogP contribution in [-0.2, 0) is 6.42 Å². The average molecular weight is 212 g/mol. The molecule has 0 aliphatic heterocycles. The summed E-state index contributed by atoms with van der Waals surface area (Å²) in [6.07, 6.45) is 0.903. The fourth-order valence-electron chi connectivity index (χ4n) is 1.76. The van der Waals surface area contributed by atoms with Gasteiger partial charge in [0, 0.05) is 6.42 Å². The van der Waals surface area contributed by atoms with Gasteiger partial charge < -0.3 is 9.40 Å². The van der Waals surface area contributed by atoms with Crippen molar-refractivity contribution < 1.29 is 4.42 Å². The van der Waals surface area contributed by atoms with Gasteiger partial charge in [-0.05, 0) is 24.3 Å². The average Bonchev–Trinajstić information content (AvgIpc) is 2.95. The van der Waals surface area contributed by atoms with E-state index in [0.29, 0.717) is 0 Å². The van der Waals surface area contributed by atoms with E-state index in [9.17, 15) is 0 Å². The van der Waals surface area contributed by atoms with Crippen LogP contribution in [-0.4, -0.2) is 9.97 Å². The molecular weight excluding hydrogens is 200 g/mol. The number of H-pyrrole nitrogens is 1. The molecular formula is C13H12N2O. The Morgan fingerprint density at radius 1 is 1.19 bits per heavy atom. The van der Waals surface area contributed by atoms with Gasteiger partial charge in [0.2, 0.25) is 0 Å². The third-order valence-electron chi connectivity index (χ3n) is 2.63. The van der Waals surface area contributed by atoms with Gasteiger partial charge in [-0.3, -0.25) is 0 Å². The maximum atomic E-state index is 5.65. The number of nitrogens with one attached hydrogen (secondary N) is 1. The number of fused-ring (bicyclic) bond motifs is 1. The lowest BCUT2D eigenvalue weighted by Crippen LogP contribution is -1.75. The van der Waals surface area contributed by atoms with Gasteiger partial charge in [-0.2, -0.15) is 0 Å². The molecule has 0 bridgehead atoms. The Hall–Kier alpha value is -2.03. The molecule has 2 aromatic heterocycles. The summed E-state index contributed by atoms with van der Waals surface area (Å²) in [5.74, 6) is 2.57. The van der Waals surface area contributed by atoms with Crippen LogP contribution in [0, 0.1) is 0 Å². The van der Waals surface area contributed by atoms with E-state index < -0.39 is 0 Å². The van der Waals surface area contributed by atoms with Crippen molar-refractivity contribution in [2.45, 2.75) is 13.3 Å². The molecule has 0 aliphatic carbocycles. The third kappa shape index (κ3) is 1.41. The number of aromatic amines is 1. The second kappa shape index (κ2) is 3.52. The normalized spacial score (nSPS) is 11.1. The van der Waals surface area contributed by atoms with E-state index in [1.807, 2.05) is 36.4 Å². The van der Waals surface area contributed by atoms with Crippen molar-refractivity contribution in [1.29, 1.82) is 0 Å². The van der Waals surface area contributed by atoms with Crippen LogP contribution in [0.15, 0.2) is 40.8 Å². The van der Waals surface area contributed by atoms with Crippen molar-refractivity contribution in [3.05, 3.63) is 42.2 Å². The van der Waals surface area contributed by atoms with E-state index in [2.05, 4.69) is 16.9 Å². The molecule has 3 heteroatoms. The number of benzene rings is 1. The van der Waals surface area contributed by atoms with Crippen LogP contribution in [0.4, 0.5) is 0 Å². The minimum Gasteiger partial charge on any atom is -0.458 e. The zero-order valence-electron chi connectivity index (χ0n) is 9.03. The Bertz CT molecular complexity index is 588. The van der Waals surface area contributed by atoms with Crippen molar-refractivity contribution >= 4 is 11.0 Å². The lowest BCUT2D eigenvalue weighted by molar-refractivity contribution is 0.526. The first kappa shape index (κ1) is 9.21. The molecule has 0 saturated carbocycles. The number of rotatable bonds is 2. The Balaban J connectivity index is 2.11. The summed E-state index contributed by atoms with van der Waals surface area (Å²) in [7, 11) is 0. The molecule has 1 aromatic carbocycles. The van der Waals surface area contributed by atoms with Gasteiger partial charge in [-0.25, -0.2) is 4.98 Å². The Morgan fingerprint density at radius 3 is 2.81 bits per heavy atom. The summed E-state index contributed by atoms with van der Waals surface area (Å²) >= 11 is 0. The Kier molecular flexibility index (Phi) is 2.03. The number of hydrogen-bond acceptors (Lipinski definition) is 2. The maximum Gasteiger partial charge on any atom is 0.174 e. The summed E-state index contributed by atoms with van der Waals surface area (Å²) in [6.45, 7) is 2.07. The number of hydrogen-bond donors (Lipinski definition) is 1. The van der Waals surface area contributed by atoms with Crippen LogP contribution in [0.25, 0.3) is 22.6 Å². The second-order valence-electron chi connectivity index (χ2n) is 3.72. The van der Waals surface area contributed by atoms with Gasteiger partial charge in [0.05, 0.1) is 11.0 Å². The molecule has 0 fully saturated rings. The van der Waals surface area contributed by atoms with E-state index in [1.54, 1.807) is 0 Å². The zero-order valence-corrected chi connectivity index (χ0v) is 9.03. The molecule has 80 valence electrons. The fraction of sp³-hybridized carbons (Fsp3) is 0.154. The van der Waals surface area contributed by atoms with E-state index >= 15 is 0 Å².